The van der Waals surface area contributed by atoms with E-state index in [1.165, 1.54) is 77.0 Å². The minimum absolute atomic E-state index is 0.00314. The number of unbranched alkanes of at least 4 members (excludes halogenated alkanes) is 5. The van der Waals surface area contributed by atoms with Gasteiger partial charge in [-0.1, -0.05) is 64.7 Å². The van der Waals surface area contributed by atoms with Crippen LogP contribution in [0.15, 0.2) is 0 Å². The highest BCUT2D eigenvalue weighted by Gasteiger charge is 2.45. The number of nitrogens with one attached hydrogen (secondary N) is 3. The van der Waals surface area contributed by atoms with Crippen molar-refractivity contribution in [1.82, 2.24) is 16.0 Å². The molecule has 3 heteroatoms. The molecule has 1 rings (SSSR count). The van der Waals surface area contributed by atoms with Gasteiger partial charge in [0, 0.05) is 11.6 Å². The Labute approximate surface area is 158 Å². The summed E-state index contributed by atoms with van der Waals surface area (Å²) < 4.78 is 0. The molecule has 0 spiro atoms. The van der Waals surface area contributed by atoms with Gasteiger partial charge in [-0.05, 0) is 60.0 Å². The summed E-state index contributed by atoms with van der Waals surface area (Å²) in [5.41, 5.74) is 0.105. The van der Waals surface area contributed by atoms with Crippen LogP contribution in [0.4, 0.5) is 0 Å². The summed E-state index contributed by atoms with van der Waals surface area (Å²) in [4.78, 5) is 0. The third kappa shape index (κ3) is 7.56. The van der Waals surface area contributed by atoms with Crippen molar-refractivity contribution in [2.45, 2.75) is 122 Å². The van der Waals surface area contributed by atoms with E-state index in [0.717, 1.165) is 0 Å². The standard InChI is InChI=1S/C22H47N3/c1-7-8-9-10-11-15-18-20(23-5)22(24-6,25-21(2,3)4)19-16-13-12-14-17-19/h19-20,23-25H,7-18H2,1-6H3. The number of rotatable bonds is 12. The van der Waals surface area contributed by atoms with Crippen molar-refractivity contribution in [2.24, 2.45) is 5.92 Å². The van der Waals surface area contributed by atoms with Crippen LogP contribution < -0.4 is 16.0 Å². The summed E-state index contributed by atoms with van der Waals surface area (Å²) in [6.07, 6.45) is 16.3. The Balaban J connectivity index is 2.78. The van der Waals surface area contributed by atoms with Crippen LogP contribution in [0.5, 0.6) is 0 Å². The highest BCUT2D eigenvalue weighted by molar-refractivity contribution is 5.03. The molecule has 0 heterocycles. The molecule has 25 heavy (non-hydrogen) atoms. The van der Waals surface area contributed by atoms with Crippen molar-refractivity contribution >= 4 is 0 Å². The predicted octanol–water partition coefficient (Wildman–Crippen LogP) is 5.21. The first kappa shape index (κ1) is 22.9. The van der Waals surface area contributed by atoms with Crippen molar-refractivity contribution in [2.75, 3.05) is 14.1 Å². The summed E-state index contributed by atoms with van der Waals surface area (Å²) in [7, 11) is 4.32. The highest BCUT2D eigenvalue weighted by Crippen LogP contribution is 2.36. The third-order valence-corrected chi connectivity index (χ3v) is 5.99. The van der Waals surface area contributed by atoms with Crippen molar-refractivity contribution in [1.29, 1.82) is 0 Å². The van der Waals surface area contributed by atoms with Crippen LogP contribution in [0.2, 0.25) is 0 Å². The quantitative estimate of drug-likeness (QED) is 0.333. The van der Waals surface area contributed by atoms with Crippen molar-refractivity contribution in [3.8, 4) is 0 Å². The predicted molar refractivity (Wildman–Crippen MR) is 112 cm³/mol. The monoisotopic (exact) mass is 353 g/mol. The van der Waals surface area contributed by atoms with Gasteiger partial charge in [-0.25, -0.2) is 0 Å². The van der Waals surface area contributed by atoms with E-state index in [4.69, 9.17) is 0 Å². The Morgan fingerprint density at radius 3 is 2.00 bits per heavy atom. The van der Waals surface area contributed by atoms with Gasteiger partial charge in [-0.2, -0.15) is 0 Å². The lowest BCUT2D eigenvalue weighted by Crippen LogP contribution is -2.74. The van der Waals surface area contributed by atoms with Gasteiger partial charge >= 0.3 is 0 Å². The highest BCUT2D eigenvalue weighted by atomic mass is 15.3. The van der Waals surface area contributed by atoms with E-state index in [2.05, 4.69) is 57.7 Å². The van der Waals surface area contributed by atoms with Gasteiger partial charge < -0.3 is 10.6 Å². The average Bonchev–Trinajstić information content (AvgIpc) is 2.59. The van der Waals surface area contributed by atoms with Gasteiger partial charge in [0.1, 0.15) is 0 Å². The zero-order chi connectivity index (χ0) is 18.8. The van der Waals surface area contributed by atoms with Gasteiger partial charge in [0.05, 0.1) is 5.66 Å². The smallest absolute Gasteiger partial charge is 0.0875 e. The topological polar surface area (TPSA) is 36.1 Å². The molecule has 3 N–H and O–H groups in total. The zero-order valence-electron chi connectivity index (χ0n) is 18.1. The van der Waals surface area contributed by atoms with Crippen LogP contribution in [-0.4, -0.2) is 31.3 Å². The fraction of sp³-hybridized carbons (Fsp3) is 1.00. The molecule has 0 amide bonds. The molecular formula is C22H47N3. The molecular weight excluding hydrogens is 306 g/mol. The molecule has 2 atom stereocenters. The molecule has 0 aromatic heterocycles. The van der Waals surface area contributed by atoms with E-state index in [0.29, 0.717) is 12.0 Å². The van der Waals surface area contributed by atoms with Crippen LogP contribution in [-0.2, 0) is 0 Å². The third-order valence-electron chi connectivity index (χ3n) is 5.99. The molecule has 0 aromatic rings. The van der Waals surface area contributed by atoms with Crippen molar-refractivity contribution in [3.05, 3.63) is 0 Å². The molecule has 3 nitrogen and oxygen atoms in total. The second-order valence-electron chi connectivity index (χ2n) is 9.23. The van der Waals surface area contributed by atoms with Gasteiger partial charge in [-0.15, -0.1) is 0 Å². The Morgan fingerprint density at radius 2 is 1.48 bits per heavy atom. The zero-order valence-corrected chi connectivity index (χ0v) is 18.1. The minimum atomic E-state index is -0.00314. The lowest BCUT2D eigenvalue weighted by atomic mass is 9.74. The Morgan fingerprint density at radius 1 is 0.880 bits per heavy atom. The van der Waals surface area contributed by atoms with E-state index >= 15 is 0 Å². The molecule has 0 saturated heterocycles. The van der Waals surface area contributed by atoms with Crippen molar-refractivity contribution in [3.63, 3.8) is 0 Å². The summed E-state index contributed by atoms with van der Waals surface area (Å²) in [6, 6.07) is 0.478. The Hall–Kier alpha value is -0.120. The summed E-state index contributed by atoms with van der Waals surface area (Å²) in [5.74, 6) is 0.711. The van der Waals surface area contributed by atoms with Crippen LogP contribution in [0.1, 0.15) is 105 Å². The molecule has 1 fully saturated rings. The second kappa shape index (κ2) is 11.6. The first-order chi connectivity index (χ1) is 11.9. The Kier molecular flexibility index (Phi) is 10.6. The molecule has 1 aliphatic rings. The van der Waals surface area contributed by atoms with Crippen molar-refractivity contribution < 1.29 is 0 Å². The molecule has 0 aromatic carbocycles. The van der Waals surface area contributed by atoms with Gasteiger partial charge in [-0.3, -0.25) is 5.32 Å². The lowest BCUT2D eigenvalue weighted by Gasteiger charge is -2.51. The van der Waals surface area contributed by atoms with Crippen LogP contribution in [0.25, 0.3) is 0 Å². The number of hydrogen-bond donors (Lipinski definition) is 3. The van der Waals surface area contributed by atoms with Crippen LogP contribution in [0.3, 0.4) is 0 Å². The Bertz CT molecular complexity index is 331. The van der Waals surface area contributed by atoms with E-state index in [-0.39, 0.29) is 11.2 Å². The fourth-order valence-electron chi connectivity index (χ4n) is 4.82. The van der Waals surface area contributed by atoms with E-state index in [1.54, 1.807) is 0 Å². The summed E-state index contributed by atoms with van der Waals surface area (Å²) in [5, 5.41) is 11.5. The maximum atomic E-state index is 4.03. The van der Waals surface area contributed by atoms with E-state index < -0.39 is 0 Å². The second-order valence-corrected chi connectivity index (χ2v) is 9.23. The van der Waals surface area contributed by atoms with Gasteiger partial charge in [0.25, 0.3) is 0 Å². The molecule has 0 aliphatic heterocycles. The molecule has 1 saturated carbocycles. The van der Waals surface area contributed by atoms with E-state index in [9.17, 15) is 0 Å². The maximum absolute atomic E-state index is 4.03. The first-order valence-electron chi connectivity index (χ1n) is 11.0. The first-order valence-corrected chi connectivity index (χ1v) is 11.0. The molecule has 0 radical (unpaired) electrons. The molecule has 0 bridgehead atoms. The van der Waals surface area contributed by atoms with Crippen LogP contribution >= 0.6 is 0 Å². The van der Waals surface area contributed by atoms with Gasteiger partial charge in [0.2, 0.25) is 0 Å². The molecule has 1 aliphatic carbocycles. The maximum Gasteiger partial charge on any atom is 0.0875 e. The number of hydrogen-bond acceptors (Lipinski definition) is 3. The lowest BCUT2D eigenvalue weighted by molar-refractivity contribution is 0.0557. The summed E-state index contributed by atoms with van der Waals surface area (Å²) >= 11 is 0. The SMILES string of the molecule is CCCCCCCCC(NC)C(NC)(NC(C)(C)C)C1CCCCC1. The molecule has 2 unspecified atom stereocenters. The summed E-state index contributed by atoms with van der Waals surface area (Å²) in [6.45, 7) is 9.21. The van der Waals surface area contributed by atoms with Gasteiger partial charge in [0.15, 0.2) is 0 Å². The average molecular weight is 354 g/mol. The fourth-order valence-corrected chi connectivity index (χ4v) is 4.82. The van der Waals surface area contributed by atoms with E-state index in [1.807, 2.05) is 0 Å². The van der Waals surface area contributed by atoms with Crippen LogP contribution in [0, 0.1) is 5.92 Å². The molecule has 150 valence electrons. The number of likely N-dealkylation sites (N-methyl/N-ethyl adjacent to an activating group) is 2. The largest absolute Gasteiger partial charge is 0.314 e. The normalized spacial score (nSPS) is 20.4. The minimum Gasteiger partial charge on any atom is -0.314 e.